The summed E-state index contributed by atoms with van der Waals surface area (Å²) in [6.45, 7) is 52.6. The maximum absolute atomic E-state index is 14.6. The van der Waals surface area contributed by atoms with E-state index in [1.807, 2.05) is 30.5 Å². The van der Waals surface area contributed by atoms with Gasteiger partial charge in [0.15, 0.2) is 78.9 Å². The fourth-order valence-corrected chi connectivity index (χ4v) is 16.7. The molecule has 1 aromatic carbocycles. The van der Waals surface area contributed by atoms with Crippen molar-refractivity contribution in [3.63, 3.8) is 0 Å². The molecule has 13 nitrogen and oxygen atoms in total. The number of nitrogens with one attached hydrogen (secondary N) is 1. The minimum absolute atomic E-state index is 0.0600. The molecule has 2 aliphatic rings. The van der Waals surface area contributed by atoms with Gasteiger partial charge in [-0.1, -0.05) is 18.2 Å². The maximum atomic E-state index is 14.6. The van der Waals surface area contributed by atoms with Crippen LogP contribution in [0.5, 0.6) is 0 Å². The lowest BCUT2D eigenvalue weighted by Crippen LogP contribution is -2.73. The molecule has 0 spiro atoms. The van der Waals surface area contributed by atoms with Gasteiger partial charge in [0.1, 0.15) is 54.9 Å². The molecule has 386 valence electrons. The molecule has 9 unspecified atom stereocenters. The zero-order valence-electron chi connectivity index (χ0n) is 46.1. The van der Waals surface area contributed by atoms with E-state index in [-0.39, 0.29) is 12.4 Å². The number of esters is 1. The van der Waals surface area contributed by atoms with Crippen molar-refractivity contribution in [2.45, 2.75) is 231 Å². The summed E-state index contributed by atoms with van der Waals surface area (Å²) in [4.78, 5) is 17.9. The van der Waals surface area contributed by atoms with Crippen molar-refractivity contribution in [3.05, 3.63) is 36.0 Å². The normalized spacial score (nSPS) is 28.8. The maximum Gasteiger partial charge on any atom is 0.310 e. The molecular weight excluding hydrogens is 983 g/mol. The predicted molar refractivity (Wildman–Crippen MR) is 292 cm³/mol. The minimum atomic E-state index is -2.44. The third-order valence-electron chi connectivity index (χ3n) is 10.2. The van der Waals surface area contributed by atoms with Crippen molar-refractivity contribution in [1.29, 1.82) is 0 Å². The van der Waals surface area contributed by atoms with Gasteiger partial charge < -0.3 is 54.6 Å². The first-order valence-corrected chi connectivity index (χ1v) is 51.8. The number of carbonyl (C=O) groups excluding carboxylic acids is 1. The molecule has 1 aliphatic carbocycles. The first-order chi connectivity index (χ1) is 30.1. The molecule has 1 aromatic heterocycles. The van der Waals surface area contributed by atoms with Crippen LogP contribution in [-0.4, -0.2) is 151 Å². The second-order valence-corrected chi connectivity index (χ2v) is 62.2. The van der Waals surface area contributed by atoms with Gasteiger partial charge in [-0.05, 0) is 169 Å². The van der Waals surface area contributed by atoms with Crippen LogP contribution in [0.4, 0.5) is 0 Å². The Morgan fingerprint density at radius 2 is 0.851 bits per heavy atom. The lowest BCUT2D eigenvalue weighted by Gasteiger charge is -2.56. The Morgan fingerprint density at radius 1 is 0.478 bits per heavy atom. The van der Waals surface area contributed by atoms with Gasteiger partial charge in [-0.15, -0.1) is 0 Å². The van der Waals surface area contributed by atoms with E-state index in [2.05, 4.69) is 162 Å². The third-order valence-corrected chi connectivity index (χ3v) is 18.1. The highest BCUT2D eigenvalue weighted by atomic mass is 28.4. The molecule has 1 saturated carbocycles. The molecule has 67 heavy (non-hydrogen) atoms. The van der Waals surface area contributed by atoms with Crippen molar-refractivity contribution in [2.75, 3.05) is 6.61 Å². The monoisotopic (exact) mass is 1080 g/mol. The van der Waals surface area contributed by atoms with E-state index in [0.29, 0.717) is 6.61 Å². The van der Waals surface area contributed by atoms with E-state index < -0.39 is 134 Å². The van der Waals surface area contributed by atoms with Crippen LogP contribution in [0, 0.1) is 0 Å². The van der Waals surface area contributed by atoms with E-state index in [0.717, 1.165) is 16.5 Å². The Balaban J connectivity index is 2.01. The Hall–Kier alpha value is -0.435. The van der Waals surface area contributed by atoms with Crippen LogP contribution < -0.4 is 0 Å². The summed E-state index contributed by atoms with van der Waals surface area (Å²) < 4.78 is 79.7. The Bertz CT molecular complexity index is 1860. The fraction of sp³-hybridized carbons (Fsp3) is 0.804. The highest BCUT2D eigenvalue weighted by Gasteiger charge is 2.61. The third kappa shape index (κ3) is 19.5. The van der Waals surface area contributed by atoms with Gasteiger partial charge in [0.2, 0.25) is 0 Å². The van der Waals surface area contributed by atoms with Gasteiger partial charge in [-0.3, -0.25) is 4.79 Å². The lowest BCUT2D eigenvalue weighted by atomic mass is 9.84. The molecule has 2 aromatic rings. The van der Waals surface area contributed by atoms with E-state index >= 15 is 0 Å². The van der Waals surface area contributed by atoms with Gasteiger partial charge in [0.25, 0.3) is 0 Å². The zero-order chi connectivity index (χ0) is 51.1. The van der Waals surface area contributed by atoms with Crippen molar-refractivity contribution < 1.29 is 54.4 Å². The topological polar surface area (TPSA) is 134 Å². The summed E-state index contributed by atoms with van der Waals surface area (Å²) in [5, 5.41) is 0.978. The molecule has 21 heteroatoms. The molecule has 0 amide bonds. The SMILES string of the molecule is C[Si](C)(C)OCC1OC(OC2C(O[Si](C)(C)C)C(O[Si](C)(C)C)C(OC(=O)Cc3c[nH]c4ccccc34)C(O[Si](C)(C)C)C2O[Si](C)(C)C)C(O[Si](C)(C)C)C(O[Si](C)(C)C)C1O[Si](C)(C)C. The van der Waals surface area contributed by atoms with Crippen LogP contribution in [0.3, 0.4) is 0 Å². The number of hydrogen-bond donors (Lipinski definition) is 1. The van der Waals surface area contributed by atoms with Crippen molar-refractivity contribution in [1.82, 2.24) is 4.98 Å². The van der Waals surface area contributed by atoms with Crippen molar-refractivity contribution in [3.8, 4) is 0 Å². The molecule has 4 rings (SSSR count). The average Bonchev–Trinajstić information content (AvgIpc) is 3.49. The van der Waals surface area contributed by atoms with Crippen LogP contribution in [0.2, 0.25) is 157 Å². The first kappa shape index (κ1) is 59.1. The number of aromatic nitrogens is 1. The van der Waals surface area contributed by atoms with Gasteiger partial charge in [-0.2, -0.15) is 0 Å². The number of rotatable bonds is 22. The molecular formula is C46H93NO12Si8. The number of ether oxygens (including phenoxy) is 3. The Labute approximate surface area is 414 Å². The van der Waals surface area contributed by atoms with Crippen LogP contribution in [0.15, 0.2) is 30.5 Å². The molecule has 1 aliphatic heterocycles. The summed E-state index contributed by atoms with van der Waals surface area (Å²) in [6, 6.07) is 7.99. The molecule has 0 bridgehead atoms. The smallest absolute Gasteiger partial charge is 0.310 e. The van der Waals surface area contributed by atoms with E-state index in [1.54, 1.807) is 0 Å². The molecule has 0 radical (unpaired) electrons. The molecule has 1 saturated heterocycles. The Morgan fingerprint density at radius 3 is 1.27 bits per heavy atom. The first-order valence-electron chi connectivity index (χ1n) is 24.5. The van der Waals surface area contributed by atoms with Gasteiger partial charge in [0, 0.05) is 17.1 Å². The number of para-hydroxylation sites is 1. The average molecular weight is 1080 g/mol. The quantitative estimate of drug-likeness (QED) is 0.0888. The van der Waals surface area contributed by atoms with Gasteiger partial charge >= 0.3 is 5.97 Å². The second-order valence-electron chi connectivity index (χ2n) is 26.4. The van der Waals surface area contributed by atoms with E-state index in [1.165, 1.54) is 0 Å². The molecule has 1 N–H and O–H groups in total. The number of H-pyrrole nitrogens is 1. The van der Waals surface area contributed by atoms with E-state index in [4.69, 9.17) is 49.6 Å². The number of hydrogen-bond acceptors (Lipinski definition) is 12. The summed E-state index contributed by atoms with van der Waals surface area (Å²) in [6.07, 6.45) is -6.01. The van der Waals surface area contributed by atoms with E-state index in [9.17, 15) is 4.79 Å². The Kier molecular flexibility index (Phi) is 19.4. The number of carbonyl (C=O) groups is 1. The fourth-order valence-electron chi connectivity index (χ4n) is 8.44. The summed E-state index contributed by atoms with van der Waals surface area (Å²) in [5.41, 5.74) is 1.82. The minimum Gasteiger partial charge on any atom is -0.456 e. The predicted octanol–water partition coefficient (Wildman–Crippen LogP) is 11.1. The highest BCUT2D eigenvalue weighted by Crippen LogP contribution is 2.42. The molecule has 2 fully saturated rings. The van der Waals surface area contributed by atoms with Crippen LogP contribution in [0.25, 0.3) is 10.9 Å². The van der Waals surface area contributed by atoms with Crippen LogP contribution >= 0.6 is 0 Å². The lowest BCUT2D eigenvalue weighted by molar-refractivity contribution is -0.328. The van der Waals surface area contributed by atoms with Gasteiger partial charge in [-0.25, -0.2) is 0 Å². The summed E-state index contributed by atoms with van der Waals surface area (Å²) in [7, 11) is -18.6. The number of aromatic amines is 1. The highest BCUT2D eigenvalue weighted by molar-refractivity contribution is 6.72. The summed E-state index contributed by atoms with van der Waals surface area (Å²) >= 11 is 0. The molecule has 2 heterocycles. The van der Waals surface area contributed by atoms with Crippen molar-refractivity contribution in [2.24, 2.45) is 0 Å². The standard InChI is InChI=1S/C46H93NO12Si8/c1-60(2,3)49-31-35-37(53-61(4,5)6)40(54-62(7,8)9)45(59-67(22,23)24)46(50-35)52-39-43(57-65(16,17)18)41(55-63(10,11)12)38(42(56-64(13,14)15)44(39)58-66(19,20)21)51-36(48)29-32-30-47-34-28-26-25-27-33(32)34/h25-28,30,35,37-47H,29,31H2,1-24H3. The van der Waals surface area contributed by atoms with Crippen molar-refractivity contribution >= 4 is 83.4 Å². The van der Waals surface area contributed by atoms with Gasteiger partial charge in [0.05, 0.1) is 13.0 Å². The number of benzene rings is 1. The molecule has 9 atom stereocenters. The largest absolute Gasteiger partial charge is 0.456 e. The number of fused-ring (bicyclic) bond motifs is 1. The second kappa shape index (κ2) is 22.0. The zero-order valence-corrected chi connectivity index (χ0v) is 54.1. The summed E-state index contributed by atoms with van der Waals surface area (Å²) in [5.74, 6) is -0.384. The van der Waals surface area contributed by atoms with Crippen LogP contribution in [-0.2, 0) is 60.8 Å². The van der Waals surface area contributed by atoms with Crippen LogP contribution in [0.1, 0.15) is 5.56 Å².